The maximum Gasteiger partial charge on any atom is 0.323 e. The summed E-state index contributed by atoms with van der Waals surface area (Å²) in [5.74, 6) is -1.57. The number of hydrogen-bond donors (Lipinski definition) is 1. The summed E-state index contributed by atoms with van der Waals surface area (Å²) in [5, 5.41) is 3.48. The van der Waals surface area contributed by atoms with Crippen LogP contribution in [0.3, 0.4) is 0 Å². The van der Waals surface area contributed by atoms with E-state index in [0.29, 0.717) is 10.7 Å². The zero-order valence-corrected chi connectivity index (χ0v) is 20.9. The van der Waals surface area contributed by atoms with Crippen LogP contribution in [0.15, 0.2) is 91.0 Å². The van der Waals surface area contributed by atoms with Gasteiger partial charge in [-0.25, -0.2) is 4.90 Å². The lowest BCUT2D eigenvalue weighted by Crippen LogP contribution is -2.47. The van der Waals surface area contributed by atoms with Crippen molar-refractivity contribution in [3.8, 4) is 0 Å². The summed E-state index contributed by atoms with van der Waals surface area (Å²) in [6.07, 6.45) is 3.71. The number of halogens is 1. The van der Waals surface area contributed by atoms with Crippen LogP contribution in [-0.4, -0.2) is 35.0 Å². The Labute approximate surface area is 218 Å². The molecule has 4 atom stereocenters. The van der Waals surface area contributed by atoms with E-state index in [4.69, 9.17) is 16.3 Å². The van der Waals surface area contributed by atoms with Crippen LogP contribution in [0.5, 0.6) is 0 Å². The van der Waals surface area contributed by atoms with Gasteiger partial charge in [0.15, 0.2) is 0 Å². The number of rotatable bonds is 5. The Hall–Kier alpha value is -3.39. The van der Waals surface area contributed by atoms with E-state index in [9.17, 15) is 14.4 Å². The molecule has 8 heteroatoms. The minimum absolute atomic E-state index is 0.384. The number of thioether (sulfide) groups is 1. The van der Waals surface area contributed by atoms with E-state index in [0.717, 1.165) is 22.9 Å². The molecule has 0 aromatic heterocycles. The largest absolute Gasteiger partial charge is 0.468 e. The summed E-state index contributed by atoms with van der Waals surface area (Å²) < 4.78 is 3.79. The maximum atomic E-state index is 14.3. The molecule has 5 rings (SSSR count). The number of anilines is 1. The van der Waals surface area contributed by atoms with Gasteiger partial charge < -0.3 is 4.74 Å². The van der Waals surface area contributed by atoms with Crippen LogP contribution in [0.4, 0.5) is 10.5 Å². The minimum Gasteiger partial charge on any atom is -0.468 e. The Morgan fingerprint density at radius 2 is 1.64 bits per heavy atom. The second-order valence-corrected chi connectivity index (χ2v) is 10.3. The highest BCUT2D eigenvalue weighted by Crippen LogP contribution is 2.57. The smallest absolute Gasteiger partial charge is 0.323 e. The van der Waals surface area contributed by atoms with Crippen molar-refractivity contribution in [2.24, 2.45) is 5.92 Å². The van der Waals surface area contributed by atoms with Crippen molar-refractivity contribution in [3.63, 3.8) is 0 Å². The number of carbonyl (C=O) groups is 3. The molecule has 0 saturated carbocycles. The van der Waals surface area contributed by atoms with Gasteiger partial charge in [-0.2, -0.15) is 0 Å². The van der Waals surface area contributed by atoms with Crippen LogP contribution in [0.1, 0.15) is 17.2 Å². The van der Waals surface area contributed by atoms with Crippen LogP contribution in [-0.2, 0) is 14.3 Å². The van der Waals surface area contributed by atoms with Gasteiger partial charge in [0, 0.05) is 10.9 Å². The van der Waals surface area contributed by atoms with Crippen molar-refractivity contribution in [2.75, 3.05) is 12.0 Å². The van der Waals surface area contributed by atoms with Gasteiger partial charge in [0.25, 0.3) is 11.1 Å². The fourth-order valence-corrected chi connectivity index (χ4v) is 6.45. The molecular formula is C28H23ClN2O4S. The second-order valence-electron chi connectivity index (χ2n) is 8.58. The fourth-order valence-electron chi connectivity index (χ4n) is 4.90. The first kappa shape index (κ1) is 24.3. The monoisotopic (exact) mass is 518 g/mol. The van der Waals surface area contributed by atoms with Crippen molar-refractivity contribution in [3.05, 3.63) is 107 Å². The van der Waals surface area contributed by atoms with Gasteiger partial charge in [0.1, 0.15) is 10.8 Å². The number of nitrogens with zero attached hydrogens (tertiary/aromatic N) is 1. The van der Waals surface area contributed by atoms with Crippen molar-refractivity contribution < 1.29 is 19.1 Å². The molecule has 0 bridgehead atoms. The SMILES string of the molecule is COC(=O)[C@@H]1N[C@H](c2ccc(Cl)cc2)[C@@]2(SC(=O)N(c3ccccc3)C2=O)[C@H]1/C=C/c1ccccc1. The van der Waals surface area contributed by atoms with Crippen LogP contribution < -0.4 is 10.2 Å². The van der Waals surface area contributed by atoms with Crippen LogP contribution >= 0.6 is 23.4 Å². The Bertz CT molecular complexity index is 1320. The predicted octanol–water partition coefficient (Wildman–Crippen LogP) is 5.49. The fraction of sp³-hybridized carbons (Fsp3) is 0.179. The number of amides is 2. The molecule has 1 N–H and O–H groups in total. The lowest BCUT2D eigenvalue weighted by molar-refractivity contribution is -0.143. The molecule has 3 aromatic carbocycles. The number of benzene rings is 3. The number of hydrogen-bond acceptors (Lipinski definition) is 6. The number of imide groups is 1. The first-order valence-corrected chi connectivity index (χ1v) is 12.6. The van der Waals surface area contributed by atoms with E-state index in [1.165, 1.54) is 12.0 Å². The van der Waals surface area contributed by atoms with Gasteiger partial charge >= 0.3 is 5.97 Å². The number of carbonyl (C=O) groups excluding carboxylic acids is 3. The van der Waals surface area contributed by atoms with Crippen LogP contribution in [0.25, 0.3) is 6.08 Å². The molecule has 2 aliphatic heterocycles. The molecular weight excluding hydrogens is 496 g/mol. The lowest BCUT2D eigenvalue weighted by atomic mass is 9.81. The van der Waals surface area contributed by atoms with Crippen molar-refractivity contribution in [1.29, 1.82) is 0 Å². The van der Waals surface area contributed by atoms with E-state index in [-0.39, 0.29) is 5.91 Å². The number of esters is 1. The first-order chi connectivity index (χ1) is 17.5. The highest BCUT2D eigenvalue weighted by atomic mass is 35.5. The number of ether oxygens (including phenoxy) is 1. The van der Waals surface area contributed by atoms with Crippen LogP contribution in [0, 0.1) is 5.92 Å². The molecule has 2 fully saturated rings. The van der Waals surface area contributed by atoms with Gasteiger partial charge in [0.05, 0.1) is 18.8 Å². The van der Waals surface area contributed by atoms with Gasteiger partial charge in [-0.05, 0) is 47.2 Å². The average molecular weight is 519 g/mol. The van der Waals surface area contributed by atoms with E-state index in [1.807, 2.05) is 60.7 Å². The predicted molar refractivity (Wildman–Crippen MR) is 142 cm³/mol. The van der Waals surface area contributed by atoms with Crippen molar-refractivity contribution in [2.45, 2.75) is 16.8 Å². The summed E-state index contributed by atoms with van der Waals surface area (Å²) in [6, 6.07) is 24.0. The second kappa shape index (κ2) is 9.93. The van der Waals surface area contributed by atoms with E-state index in [1.54, 1.807) is 36.4 Å². The summed E-state index contributed by atoms with van der Waals surface area (Å²) in [5.41, 5.74) is 2.14. The molecule has 0 unspecified atom stereocenters. The molecule has 182 valence electrons. The molecule has 36 heavy (non-hydrogen) atoms. The van der Waals surface area contributed by atoms with Crippen molar-refractivity contribution in [1.82, 2.24) is 5.32 Å². The Morgan fingerprint density at radius 1 is 1.00 bits per heavy atom. The van der Waals surface area contributed by atoms with Crippen molar-refractivity contribution >= 4 is 52.2 Å². The summed E-state index contributed by atoms with van der Waals surface area (Å²) >= 11 is 7.08. The molecule has 1 spiro atoms. The Morgan fingerprint density at radius 3 is 2.28 bits per heavy atom. The zero-order valence-electron chi connectivity index (χ0n) is 19.3. The first-order valence-electron chi connectivity index (χ1n) is 11.4. The maximum absolute atomic E-state index is 14.3. The third-order valence-corrected chi connectivity index (χ3v) is 8.20. The van der Waals surface area contributed by atoms with E-state index >= 15 is 0 Å². The highest BCUT2D eigenvalue weighted by molar-refractivity contribution is 8.16. The number of para-hydroxylation sites is 1. The molecule has 0 aliphatic carbocycles. The van der Waals surface area contributed by atoms with E-state index in [2.05, 4.69) is 5.32 Å². The summed E-state index contributed by atoms with van der Waals surface area (Å²) in [4.78, 5) is 41.9. The van der Waals surface area contributed by atoms with Gasteiger partial charge in [-0.3, -0.25) is 19.7 Å². The molecule has 2 amide bonds. The Kier molecular flexibility index (Phi) is 6.71. The molecule has 2 heterocycles. The highest BCUT2D eigenvalue weighted by Gasteiger charge is 2.68. The Balaban J connectivity index is 1.67. The minimum atomic E-state index is -1.33. The number of methoxy groups -OCH3 is 1. The van der Waals surface area contributed by atoms with Gasteiger partial charge in [-0.1, -0.05) is 84.4 Å². The molecule has 6 nitrogen and oxygen atoms in total. The molecule has 2 saturated heterocycles. The van der Waals surface area contributed by atoms with Crippen LogP contribution in [0.2, 0.25) is 5.02 Å². The van der Waals surface area contributed by atoms with Gasteiger partial charge in [0.2, 0.25) is 0 Å². The standard InChI is InChI=1S/C28H23ClN2O4S/c1-35-25(32)23-22(17-12-18-8-4-2-5-9-18)28(24(30-23)19-13-15-20(29)16-14-19)26(33)31(27(34)36-28)21-10-6-3-7-11-21/h2-17,22-24,30H,1H3/b17-12+/t22-,23+,24+,28-/m0/s1. The third kappa shape index (κ3) is 4.13. The number of nitrogens with one attached hydrogen (secondary N) is 1. The molecule has 2 aliphatic rings. The molecule has 0 radical (unpaired) electrons. The van der Waals surface area contributed by atoms with E-state index < -0.39 is 34.0 Å². The third-order valence-electron chi connectivity index (χ3n) is 6.57. The quantitative estimate of drug-likeness (QED) is 0.450. The zero-order chi connectivity index (χ0) is 25.3. The average Bonchev–Trinajstić information content (AvgIpc) is 3.37. The lowest BCUT2D eigenvalue weighted by Gasteiger charge is -2.31. The van der Waals surface area contributed by atoms with Gasteiger partial charge in [-0.15, -0.1) is 0 Å². The summed E-state index contributed by atoms with van der Waals surface area (Å²) in [7, 11) is 1.31. The topological polar surface area (TPSA) is 75.7 Å². The normalized spacial score (nSPS) is 25.7. The summed E-state index contributed by atoms with van der Waals surface area (Å²) in [6.45, 7) is 0. The molecule has 3 aromatic rings.